The first kappa shape index (κ1) is 11.2. The minimum atomic E-state index is 0.0878. The van der Waals surface area contributed by atoms with E-state index in [2.05, 4.69) is 40.1 Å². The SMILES string of the molecule is CC(C)(Nc1ncc(Br)cc1Cl)C1CC1. The monoisotopic (exact) mass is 288 g/mol. The van der Waals surface area contributed by atoms with Gasteiger partial charge in [-0.25, -0.2) is 4.98 Å². The predicted octanol–water partition coefficient (Wildman–Crippen LogP) is 4.10. The van der Waals surface area contributed by atoms with Crippen LogP contribution in [0.25, 0.3) is 0 Å². The van der Waals surface area contributed by atoms with Crippen molar-refractivity contribution < 1.29 is 0 Å². The van der Waals surface area contributed by atoms with Crippen molar-refractivity contribution in [1.29, 1.82) is 0 Å². The van der Waals surface area contributed by atoms with E-state index < -0.39 is 0 Å². The summed E-state index contributed by atoms with van der Waals surface area (Å²) in [6.45, 7) is 4.40. The van der Waals surface area contributed by atoms with Gasteiger partial charge in [-0.1, -0.05) is 11.6 Å². The number of hydrogen-bond donors (Lipinski definition) is 1. The summed E-state index contributed by atoms with van der Waals surface area (Å²) in [6.07, 6.45) is 4.36. The second-order valence-corrected chi connectivity index (χ2v) is 5.93. The predicted molar refractivity (Wildman–Crippen MR) is 67.4 cm³/mol. The minimum Gasteiger partial charge on any atom is -0.364 e. The lowest BCUT2D eigenvalue weighted by Crippen LogP contribution is -2.33. The molecule has 0 bridgehead atoms. The van der Waals surface area contributed by atoms with Gasteiger partial charge in [0.2, 0.25) is 0 Å². The van der Waals surface area contributed by atoms with Crippen LogP contribution in [-0.4, -0.2) is 10.5 Å². The van der Waals surface area contributed by atoms with Crippen molar-refractivity contribution in [2.75, 3.05) is 5.32 Å². The Bertz CT molecular complexity index is 375. The van der Waals surface area contributed by atoms with Crippen LogP contribution in [0.2, 0.25) is 5.02 Å². The first-order chi connectivity index (χ1) is 6.99. The van der Waals surface area contributed by atoms with Gasteiger partial charge in [-0.2, -0.15) is 0 Å². The highest BCUT2D eigenvalue weighted by molar-refractivity contribution is 9.10. The second kappa shape index (κ2) is 3.95. The fraction of sp³-hybridized carbons (Fsp3) is 0.545. The van der Waals surface area contributed by atoms with Gasteiger partial charge in [-0.05, 0) is 54.6 Å². The lowest BCUT2D eigenvalue weighted by atomic mass is 9.99. The first-order valence-corrected chi connectivity index (χ1v) is 6.25. The molecule has 1 N–H and O–H groups in total. The Kier molecular flexibility index (Phi) is 2.95. The Morgan fingerprint density at radius 1 is 1.53 bits per heavy atom. The smallest absolute Gasteiger partial charge is 0.145 e. The quantitative estimate of drug-likeness (QED) is 0.906. The topological polar surface area (TPSA) is 24.9 Å². The zero-order valence-electron chi connectivity index (χ0n) is 8.85. The summed E-state index contributed by atoms with van der Waals surface area (Å²) in [5.41, 5.74) is 0.0878. The molecule has 0 spiro atoms. The molecule has 1 fully saturated rings. The van der Waals surface area contributed by atoms with Crippen LogP contribution in [0.15, 0.2) is 16.7 Å². The fourth-order valence-corrected chi connectivity index (χ4v) is 2.40. The molecule has 0 atom stereocenters. The molecule has 2 rings (SSSR count). The third-order valence-corrected chi connectivity index (χ3v) is 3.57. The van der Waals surface area contributed by atoms with Gasteiger partial charge in [-0.15, -0.1) is 0 Å². The van der Waals surface area contributed by atoms with Crippen LogP contribution in [0.4, 0.5) is 5.82 Å². The fourth-order valence-electron chi connectivity index (χ4n) is 1.72. The Morgan fingerprint density at radius 2 is 2.20 bits per heavy atom. The zero-order valence-corrected chi connectivity index (χ0v) is 11.2. The van der Waals surface area contributed by atoms with Crippen LogP contribution in [-0.2, 0) is 0 Å². The molecule has 4 heteroatoms. The van der Waals surface area contributed by atoms with Gasteiger partial charge in [0.15, 0.2) is 0 Å². The van der Waals surface area contributed by atoms with Crippen molar-refractivity contribution in [2.24, 2.45) is 5.92 Å². The highest BCUT2D eigenvalue weighted by Gasteiger charge is 2.38. The molecule has 1 aliphatic rings. The molecular weight excluding hydrogens is 275 g/mol. The largest absolute Gasteiger partial charge is 0.364 e. The highest BCUT2D eigenvalue weighted by Crippen LogP contribution is 2.41. The minimum absolute atomic E-state index is 0.0878. The van der Waals surface area contributed by atoms with Crippen LogP contribution in [0.1, 0.15) is 26.7 Å². The summed E-state index contributed by atoms with van der Waals surface area (Å²) in [7, 11) is 0. The number of pyridine rings is 1. The number of rotatable bonds is 3. The number of anilines is 1. The van der Waals surface area contributed by atoms with Crippen molar-refractivity contribution in [1.82, 2.24) is 4.98 Å². The van der Waals surface area contributed by atoms with Crippen molar-refractivity contribution in [2.45, 2.75) is 32.2 Å². The number of nitrogens with zero attached hydrogens (tertiary/aromatic N) is 1. The molecule has 1 aliphatic carbocycles. The van der Waals surface area contributed by atoms with Gasteiger partial charge in [0.1, 0.15) is 5.82 Å². The molecule has 0 saturated heterocycles. The van der Waals surface area contributed by atoms with Gasteiger partial charge in [-0.3, -0.25) is 0 Å². The molecule has 0 unspecified atom stereocenters. The van der Waals surface area contributed by atoms with Gasteiger partial charge >= 0.3 is 0 Å². The Labute approximate surface area is 104 Å². The van der Waals surface area contributed by atoms with Crippen LogP contribution in [0.3, 0.4) is 0 Å². The molecule has 0 amide bonds. The molecule has 0 aromatic carbocycles. The summed E-state index contributed by atoms with van der Waals surface area (Å²) in [5, 5.41) is 4.08. The third-order valence-electron chi connectivity index (χ3n) is 2.85. The average Bonchev–Trinajstić information content (AvgIpc) is 2.92. The van der Waals surface area contributed by atoms with E-state index in [0.29, 0.717) is 5.02 Å². The van der Waals surface area contributed by atoms with Crippen LogP contribution >= 0.6 is 27.5 Å². The highest BCUT2D eigenvalue weighted by atomic mass is 79.9. The maximum atomic E-state index is 6.11. The number of halogens is 2. The number of aromatic nitrogens is 1. The van der Waals surface area contributed by atoms with E-state index in [1.807, 2.05) is 6.07 Å². The van der Waals surface area contributed by atoms with Crippen molar-refractivity contribution in [3.05, 3.63) is 21.8 Å². The molecule has 0 aliphatic heterocycles. The Balaban J connectivity index is 2.16. The van der Waals surface area contributed by atoms with E-state index in [4.69, 9.17) is 11.6 Å². The lowest BCUT2D eigenvalue weighted by molar-refractivity contribution is 0.492. The molecule has 1 aromatic rings. The summed E-state index contributed by atoms with van der Waals surface area (Å²) < 4.78 is 0.905. The maximum absolute atomic E-state index is 6.11. The third kappa shape index (κ3) is 2.64. The normalized spacial score (nSPS) is 16.5. The van der Waals surface area contributed by atoms with Crippen LogP contribution in [0, 0.1) is 5.92 Å². The number of hydrogen-bond acceptors (Lipinski definition) is 2. The Hall–Kier alpha value is -0.280. The van der Waals surface area contributed by atoms with E-state index >= 15 is 0 Å². The summed E-state index contributed by atoms with van der Waals surface area (Å²) in [4.78, 5) is 4.28. The molecule has 0 radical (unpaired) electrons. The van der Waals surface area contributed by atoms with E-state index in [1.54, 1.807) is 6.20 Å². The summed E-state index contributed by atoms with van der Waals surface area (Å²) >= 11 is 9.45. The number of nitrogens with one attached hydrogen (secondary N) is 1. The van der Waals surface area contributed by atoms with Crippen LogP contribution < -0.4 is 5.32 Å². The van der Waals surface area contributed by atoms with E-state index in [9.17, 15) is 0 Å². The van der Waals surface area contributed by atoms with E-state index in [-0.39, 0.29) is 5.54 Å². The molecule has 1 aromatic heterocycles. The maximum Gasteiger partial charge on any atom is 0.145 e. The van der Waals surface area contributed by atoms with Crippen molar-refractivity contribution >= 4 is 33.3 Å². The van der Waals surface area contributed by atoms with Crippen molar-refractivity contribution in [3.63, 3.8) is 0 Å². The van der Waals surface area contributed by atoms with Crippen molar-refractivity contribution in [3.8, 4) is 0 Å². The summed E-state index contributed by atoms with van der Waals surface area (Å²) in [6, 6.07) is 1.86. The second-order valence-electron chi connectivity index (χ2n) is 4.60. The van der Waals surface area contributed by atoms with Gasteiger partial charge in [0.25, 0.3) is 0 Å². The molecule has 1 saturated carbocycles. The Morgan fingerprint density at radius 3 is 2.73 bits per heavy atom. The van der Waals surface area contributed by atoms with Gasteiger partial charge in [0, 0.05) is 16.2 Å². The van der Waals surface area contributed by atoms with Crippen LogP contribution in [0.5, 0.6) is 0 Å². The average molecular weight is 290 g/mol. The van der Waals surface area contributed by atoms with E-state index in [1.165, 1.54) is 12.8 Å². The standard InChI is InChI=1S/C11H14BrClN2/c1-11(2,7-3-4-7)15-10-9(13)5-8(12)6-14-10/h5-7H,3-4H2,1-2H3,(H,14,15). The zero-order chi connectivity index (χ0) is 11.1. The molecular formula is C11H14BrClN2. The lowest BCUT2D eigenvalue weighted by Gasteiger charge is -2.27. The van der Waals surface area contributed by atoms with E-state index in [0.717, 1.165) is 16.2 Å². The summed E-state index contributed by atoms with van der Waals surface area (Å²) in [5.74, 6) is 1.52. The van der Waals surface area contributed by atoms with Gasteiger partial charge in [0.05, 0.1) is 5.02 Å². The van der Waals surface area contributed by atoms with Gasteiger partial charge < -0.3 is 5.32 Å². The first-order valence-electron chi connectivity index (χ1n) is 5.08. The molecule has 82 valence electrons. The molecule has 1 heterocycles. The molecule has 2 nitrogen and oxygen atoms in total. The molecule has 15 heavy (non-hydrogen) atoms.